The second-order valence-corrected chi connectivity index (χ2v) is 4.20. The number of non-ortho nitro benzene ring substituents is 1. The normalized spacial score (nSPS) is 17.9. The predicted octanol–water partition coefficient (Wildman–Crippen LogP) is 0.621. The lowest BCUT2D eigenvalue weighted by Gasteiger charge is -2.22. The first-order valence-electron chi connectivity index (χ1n) is 6.00. The van der Waals surface area contributed by atoms with Crippen LogP contribution in [-0.4, -0.2) is 36.6 Å². The minimum absolute atomic E-state index is 0. The smallest absolute Gasteiger partial charge is 0.269 e. The molecule has 1 amide bonds. The lowest BCUT2D eigenvalue weighted by Crippen LogP contribution is -2.47. The van der Waals surface area contributed by atoms with Crippen molar-refractivity contribution in [2.75, 3.05) is 19.7 Å². The summed E-state index contributed by atoms with van der Waals surface area (Å²) < 4.78 is 5.31. The maximum Gasteiger partial charge on any atom is 0.269 e. The topological polar surface area (TPSA) is 93.5 Å². The summed E-state index contributed by atoms with van der Waals surface area (Å²) in [4.78, 5) is 21.8. The number of benzene rings is 1. The van der Waals surface area contributed by atoms with Crippen LogP contribution in [0.15, 0.2) is 24.3 Å². The quantitative estimate of drug-likeness (QED) is 0.628. The molecule has 1 aliphatic rings. The van der Waals surface area contributed by atoms with Gasteiger partial charge in [0.25, 0.3) is 11.6 Å². The summed E-state index contributed by atoms with van der Waals surface area (Å²) in [6, 6.07) is 6.08. The first-order valence-corrected chi connectivity index (χ1v) is 6.00. The first kappa shape index (κ1) is 16.4. The summed E-state index contributed by atoms with van der Waals surface area (Å²) in [5.74, 6) is -0.175. The highest BCUT2D eigenvalue weighted by atomic mass is 35.5. The second-order valence-electron chi connectivity index (χ2n) is 4.20. The number of nitro benzene ring substituents is 1. The van der Waals surface area contributed by atoms with Gasteiger partial charge < -0.3 is 15.4 Å². The van der Waals surface area contributed by atoms with Gasteiger partial charge in [-0.1, -0.05) is 12.1 Å². The van der Waals surface area contributed by atoms with Crippen LogP contribution in [0.1, 0.15) is 5.56 Å². The van der Waals surface area contributed by atoms with Crippen LogP contribution in [0.25, 0.3) is 0 Å². The molecule has 1 aliphatic heterocycles. The Hall–Kier alpha value is -1.70. The molecule has 1 unspecified atom stereocenters. The highest BCUT2D eigenvalue weighted by molar-refractivity contribution is 5.85. The van der Waals surface area contributed by atoms with E-state index in [1.165, 1.54) is 12.1 Å². The molecule has 1 saturated heterocycles. The van der Waals surface area contributed by atoms with Gasteiger partial charge in [0.1, 0.15) is 6.10 Å². The van der Waals surface area contributed by atoms with Gasteiger partial charge in [-0.25, -0.2) is 0 Å². The van der Waals surface area contributed by atoms with E-state index in [9.17, 15) is 14.9 Å². The van der Waals surface area contributed by atoms with Crippen LogP contribution in [0.5, 0.6) is 0 Å². The Kier molecular flexibility index (Phi) is 6.37. The molecule has 1 heterocycles. The highest BCUT2D eigenvalue weighted by Gasteiger charge is 2.21. The van der Waals surface area contributed by atoms with Crippen molar-refractivity contribution in [3.63, 3.8) is 0 Å². The van der Waals surface area contributed by atoms with Crippen molar-refractivity contribution >= 4 is 24.0 Å². The zero-order chi connectivity index (χ0) is 13.7. The van der Waals surface area contributed by atoms with Crippen LogP contribution < -0.4 is 10.6 Å². The average Bonchev–Trinajstić information content (AvgIpc) is 2.46. The number of amides is 1. The van der Waals surface area contributed by atoms with Gasteiger partial charge in [-0.2, -0.15) is 0 Å². The van der Waals surface area contributed by atoms with Gasteiger partial charge in [-0.05, 0) is 5.56 Å². The molecule has 1 aromatic rings. The van der Waals surface area contributed by atoms with E-state index in [0.29, 0.717) is 19.7 Å². The van der Waals surface area contributed by atoms with E-state index in [2.05, 4.69) is 10.6 Å². The van der Waals surface area contributed by atoms with E-state index in [-0.39, 0.29) is 24.0 Å². The molecule has 0 aromatic heterocycles. The minimum atomic E-state index is -0.466. The molecule has 7 nitrogen and oxygen atoms in total. The number of nitrogens with one attached hydrogen (secondary N) is 2. The van der Waals surface area contributed by atoms with Crippen LogP contribution in [-0.2, 0) is 16.1 Å². The van der Waals surface area contributed by atoms with E-state index >= 15 is 0 Å². The number of morpholine rings is 1. The van der Waals surface area contributed by atoms with Crippen molar-refractivity contribution in [1.82, 2.24) is 10.6 Å². The van der Waals surface area contributed by atoms with Gasteiger partial charge >= 0.3 is 0 Å². The molecule has 8 heteroatoms. The minimum Gasteiger partial charge on any atom is -0.366 e. The van der Waals surface area contributed by atoms with E-state index in [1.807, 2.05) is 0 Å². The molecule has 2 N–H and O–H groups in total. The molecular weight excluding hydrogens is 286 g/mol. The maximum absolute atomic E-state index is 11.8. The number of ether oxygens (including phenoxy) is 1. The molecule has 0 radical (unpaired) electrons. The fourth-order valence-corrected chi connectivity index (χ4v) is 1.77. The summed E-state index contributed by atoms with van der Waals surface area (Å²) in [5, 5.41) is 16.3. The lowest BCUT2D eigenvalue weighted by molar-refractivity contribution is -0.384. The third-order valence-corrected chi connectivity index (χ3v) is 2.83. The molecule has 2 rings (SSSR count). The third-order valence-electron chi connectivity index (χ3n) is 2.83. The van der Waals surface area contributed by atoms with Crippen LogP contribution in [0.3, 0.4) is 0 Å². The van der Waals surface area contributed by atoms with E-state index < -0.39 is 11.0 Å². The van der Waals surface area contributed by atoms with E-state index in [4.69, 9.17) is 4.74 Å². The molecule has 0 spiro atoms. The summed E-state index contributed by atoms with van der Waals surface area (Å²) in [7, 11) is 0. The molecule has 1 fully saturated rings. The molecule has 110 valence electrons. The van der Waals surface area contributed by atoms with Gasteiger partial charge in [0.05, 0.1) is 11.5 Å². The Morgan fingerprint density at radius 2 is 2.15 bits per heavy atom. The SMILES string of the molecule is Cl.O=C(NCc1ccc([N+](=O)[O-])cc1)C1CNCCO1. The molecule has 0 saturated carbocycles. The fraction of sp³-hybridized carbons (Fsp3) is 0.417. The summed E-state index contributed by atoms with van der Waals surface area (Å²) in [6.07, 6.45) is -0.466. The highest BCUT2D eigenvalue weighted by Crippen LogP contribution is 2.11. The Morgan fingerprint density at radius 3 is 2.70 bits per heavy atom. The van der Waals surface area contributed by atoms with Gasteiger partial charge in [0.15, 0.2) is 0 Å². The molecular formula is C12H16ClN3O4. The van der Waals surface area contributed by atoms with Gasteiger partial charge in [0, 0.05) is 31.8 Å². The monoisotopic (exact) mass is 301 g/mol. The Morgan fingerprint density at radius 1 is 1.45 bits per heavy atom. The number of carbonyl (C=O) groups excluding carboxylic acids is 1. The number of nitro groups is 1. The van der Waals surface area contributed by atoms with Crippen molar-refractivity contribution in [3.05, 3.63) is 39.9 Å². The molecule has 0 bridgehead atoms. The number of hydrogen-bond acceptors (Lipinski definition) is 5. The van der Waals surface area contributed by atoms with Gasteiger partial charge in [0.2, 0.25) is 0 Å². The standard InChI is InChI=1S/C12H15N3O4.ClH/c16-12(11-8-13-5-6-19-11)14-7-9-1-3-10(4-2-9)15(17)18;/h1-4,11,13H,5-8H2,(H,14,16);1H. The zero-order valence-electron chi connectivity index (χ0n) is 10.7. The summed E-state index contributed by atoms with van der Waals surface area (Å²) in [5.41, 5.74) is 0.845. The molecule has 20 heavy (non-hydrogen) atoms. The second kappa shape index (κ2) is 7.78. The maximum atomic E-state index is 11.8. The number of nitrogens with zero attached hydrogens (tertiary/aromatic N) is 1. The van der Waals surface area contributed by atoms with E-state index in [0.717, 1.165) is 12.1 Å². The predicted molar refractivity (Wildman–Crippen MR) is 74.8 cm³/mol. The average molecular weight is 302 g/mol. The van der Waals surface area contributed by atoms with Gasteiger partial charge in [-0.3, -0.25) is 14.9 Å². The lowest BCUT2D eigenvalue weighted by atomic mass is 10.2. The van der Waals surface area contributed by atoms with Crippen LogP contribution in [0, 0.1) is 10.1 Å². The van der Waals surface area contributed by atoms with Crippen LogP contribution in [0.2, 0.25) is 0 Å². The number of halogens is 1. The Balaban J connectivity index is 0.00000200. The zero-order valence-corrected chi connectivity index (χ0v) is 11.5. The Labute approximate surface area is 122 Å². The van der Waals surface area contributed by atoms with Crippen molar-refractivity contribution in [3.8, 4) is 0 Å². The molecule has 1 aromatic carbocycles. The summed E-state index contributed by atoms with van der Waals surface area (Å²) in [6.45, 7) is 2.12. The largest absolute Gasteiger partial charge is 0.366 e. The van der Waals surface area contributed by atoms with Crippen molar-refractivity contribution in [2.24, 2.45) is 0 Å². The molecule has 1 atom stereocenters. The number of hydrogen-bond donors (Lipinski definition) is 2. The first-order chi connectivity index (χ1) is 9.16. The van der Waals surface area contributed by atoms with Crippen LogP contribution in [0.4, 0.5) is 5.69 Å². The number of rotatable bonds is 4. The third kappa shape index (κ3) is 4.44. The van der Waals surface area contributed by atoms with Gasteiger partial charge in [-0.15, -0.1) is 12.4 Å². The van der Waals surface area contributed by atoms with Crippen LogP contribution >= 0.6 is 12.4 Å². The van der Waals surface area contributed by atoms with Crippen molar-refractivity contribution in [2.45, 2.75) is 12.6 Å². The Bertz CT molecular complexity index is 460. The summed E-state index contributed by atoms with van der Waals surface area (Å²) >= 11 is 0. The number of carbonyl (C=O) groups is 1. The fourth-order valence-electron chi connectivity index (χ4n) is 1.77. The van der Waals surface area contributed by atoms with E-state index in [1.54, 1.807) is 12.1 Å². The molecule has 0 aliphatic carbocycles. The van der Waals surface area contributed by atoms with Crippen molar-refractivity contribution in [1.29, 1.82) is 0 Å². The van der Waals surface area contributed by atoms with Crippen molar-refractivity contribution < 1.29 is 14.5 Å².